The lowest BCUT2D eigenvalue weighted by molar-refractivity contribution is -0.140. The molecule has 0 bridgehead atoms. The second-order valence-electron chi connectivity index (χ2n) is 11.4. The molecule has 8 nitrogen and oxygen atoms in total. The van der Waals surface area contributed by atoms with Crippen LogP contribution < -0.4 is 14.4 Å². The molecule has 0 fully saturated rings. The van der Waals surface area contributed by atoms with Crippen LogP contribution in [0.3, 0.4) is 0 Å². The van der Waals surface area contributed by atoms with E-state index in [1.165, 1.54) is 30.2 Å². The summed E-state index contributed by atoms with van der Waals surface area (Å²) in [6.07, 6.45) is 0.861. The van der Waals surface area contributed by atoms with Gasteiger partial charge in [0.2, 0.25) is 11.8 Å². The molecule has 12 heteroatoms. The second kappa shape index (κ2) is 16.7. The maximum absolute atomic E-state index is 14.7. The molecule has 0 aliphatic rings. The summed E-state index contributed by atoms with van der Waals surface area (Å²) >= 11 is 16.2. The predicted octanol–water partition coefficient (Wildman–Crippen LogP) is 7.82. The Hall–Kier alpha value is -3.57. The normalized spacial score (nSPS) is 12.6. The Morgan fingerprint density at radius 3 is 2.25 bits per heavy atom. The van der Waals surface area contributed by atoms with E-state index in [4.69, 9.17) is 27.9 Å². The van der Waals surface area contributed by atoms with Gasteiger partial charge in [-0.2, -0.15) is 0 Å². The number of hydrogen-bond donors (Lipinski definition) is 1. The maximum Gasteiger partial charge on any atom is 0.264 e. The van der Waals surface area contributed by atoms with Crippen LogP contribution >= 0.6 is 39.1 Å². The molecule has 2 atom stereocenters. The van der Waals surface area contributed by atoms with Crippen LogP contribution in [0.15, 0.2) is 100 Å². The minimum Gasteiger partial charge on any atom is -0.496 e. The first-order valence-corrected chi connectivity index (χ1v) is 18.3. The first-order chi connectivity index (χ1) is 22.8. The quantitative estimate of drug-likeness (QED) is 0.141. The minimum absolute atomic E-state index is 0.0498. The Bertz CT molecular complexity index is 1840. The summed E-state index contributed by atoms with van der Waals surface area (Å²) in [5.41, 5.74) is 2.58. The zero-order valence-electron chi connectivity index (χ0n) is 27.1. The molecule has 0 aliphatic heterocycles. The van der Waals surface area contributed by atoms with Crippen LogP contribution in [0.5, 0.6) is 5.75 Å². The predicted molar refractivity (Wildman–Crippen MR) is 195 cm³/mol. The molecule has 1 N–H and O–H groups in total. The molecule has 2 amide bonds. The zero-order valence-corrected chi connectivity index (χ0v) is 31.0. The van der Waals surface area contributed by atoms with E-state index in [0.717, 1.165) is 15.4 Å². The van der Waals surface area contributed by atoms with E-state index in [2.05, 4.69) is 21.2 Å². The molecule has 4 rings (SSSR count). The Morgan fingerprint density at radius 1 is 0.958 bits per heavy atom. The van der Waals surface area contributed by atoms with Gasteiger partial charge >= 0.3 is 0 Å². The zero-order chi connectivity index (χ0) is 35.0. The van der Waals surface area contributed by atoms with Crippen molar-refractivity contribution in [2.24, 2.45) is 0 Å². The maximum atomic E-state index is 14.7. The van der Waals surface area contributed by atoms with Crippen molar-refractivity contribution >= 4 is 66.7 Å². The van der Waals surface area contributed by atoms with Gasteiger partial charge in [0, 0.05) is 29.1 Å². The van der Waals surface area contributed by atoms with Gasteiger partial charge in [-0.3, -0.25) is 13.9 Å². The van der Waals surface area contributed by atoms with Crippen LogP contribution in [0.1, 0.15) is 37.0 Å². The second-order valence-corrected chi connectivity index (χ2v) is 15.0. The number of methoxy groups -OCH3 is 1. The molecule has 48 heavy (non-hydrogen) atoms. The number of rotatable bonds is 14. The van der Waals surface area contributed by atoms with Crippen molar-refractivity contribution in [2.45, 2.75) is 57.1 Å². The smallest absolute Gasteiger partial charge is 0.264 e. The van der Waals surface area contributed by atoms with Gasteiger partial charge in [-0.1, -0.05) is 84.2 Å². The van der Waals surface area contributed by atoms with Gasteiger partial charge in [0.15, 0.2) is 0 Å². The van der Waals surface area contributed by atoms with Gasteiger partial charge in [0.25, 0.3) is 10.0 Å². The molecule has 0 spiro atoms. The number of nitrogens with one attached hydrogen (secondary N) is 1. The van der Waals surface area contributed by atoms with E-state index < -0.39 is 28.5 Å². The summed E-state index contributed by atoms with van der Waals surface area (Å²) in [5, 5.41) is 3.75. The number of nitrogens with zero attached hydrogens (tertiary/aromatic N) is 2. The number of benzene rings is 4. The average Bonchev–Trinajstić information content (AvgIpc) is 3.06. The molecule has 0 radical (unpaired) electrons. The number of ether oxygens (including phenoxy) is 1. The summed E-state index contributed by atoms with van der Waals surface area (Å²) in [7, 11) is -2.82. The van der Waals surface area contributed by atoms with Crippen molar-refractivity contribution in [3.8, 4) is 5.75 Å². The van der Waals surface area contributed by atoms with Crippen molar-refractivity contribution in [2.75, 3.05) is 18.0 Å². The van der Waals surface area contributed by atoms with Crippen molar-refractivity contribution in [3.63, 3.8) is 0 Å². The Morgan fingerprint density at radius 2 is 1.65 bits per heavy atom. The monoisotopic (exact) mass is 773 g/mol. The number of hydrogen-bond acceptors (Lipinski definition) is 5. The van der Waals surface area contributed by atoms with E-state index in [0.29, 0.717) is 32.3 Å². The van der Waals surface area contributed by atoms with Crippen LogP contribution in [0.2, 0.25) is 10.0 Å². The highest BCUT2D eigenvalue weighted by molar-refractivity contribution is 9.10. The summed E-state index contributed by atoms with van der Waals surface area (Å²) < 4.78 is 35.5. The highest BCUT2D eigenvalue weighted by atomic mass is 79.9. The van der Waals surface area contributed by atoms with Gasteiger partial charge in [0.1, 0.15) is 18.3 Å². The summed E-state index contributed by atoms with van der Waals surface area (Å²) in [6.45, 7) is 5.06. The van der Waals surface area contributed by atoms with E-state index in [9.17, 15) is 18.0 Å². The third kappa shape index (κ3) is 9.31. The van der Waals surface area contributed by atoms with Crippen LogP contribution in [0.25, 0.3) is 0 Å². The number of amides is 2. The van der Waals surface area contributed by atoms with Gasteiger partial charge < -0.3 is 15.0 Å². The van der Waals surface area contributed by atoms with Gasteiger partial charge in [-0.05, 0) is 89.8 Å². The van der Waals surface area contributed by atoms with Crippen molar-refractivity contribution < 1.29 is 22.7 Å². The molecule has 0 aromatic heterocycles. The highest BCUT2D eigenvalue weighted by Gasteiger charge is 2.35. The number of halogens is 3. The van der Waals surface area contributed by atoms with Crippen molar-refractivity contribution in [1.29, 1.82) is 0 Å². The fraction of sp³-hybridized carbons (Fsp3) is 0.278. The number of sulfonamides is 1. The molecule has 254 valence electrons. The van der Waals surface area contributed by atoms with Crippen LogP contribution in [0.4, 0.5) is 5.69 Å². The molecular weight excluding hydrogens is 737 g/mol. The fourth-order valence-corrected chi connectivity index (χ4v) is 7.60. The van der Waals surface area contributed by atoms with Crippen LogP contribution in [-0.4, -0.2) is 50.9 Å². The molecular formula is C36H38BrCl2N3O5S. The lowest BCUT2D eigenvalue weighted by Gasteiger charge is -2.34. The molecule has 4 aromatic carbocycles. The molecule has 0 saturated heterocycles. The van der Waals surface area contributed by atoms with Crippen molar-refractivity contribution in [1.82, 2.24) is 10.2 Å². The molecule has 0 saturated carbocycles. The van der Waals surface area contributed by atoms with E-state index in [-0.39, 0.29) is 35.5 Å². The topological polar surface area (TPSA) is 96.0 Å². The largest absolute Gasteiger partial charge is 0.496 e. The third-order valence-electron chi connectivity index (χ3n) is 7.94. The number of carbonyl (C=O) groups is 2. The van der Waals surface area contributed by atoms with Gasteiger partial charge in [-0.15, -0.1) is 0 Å². The minimum atomic E-state index is -4.30. The van der Waals surface area contributed by atoms with E-state index >= 15 is 0 Å². The number of aryl methyl sites for hydroxylation is 1. The van der Waals surface area contributed by atoms with Gasteiger partial charge in [-0.25, -0.2) is 8.42 Å². The average molecular weight is 776 g/mol. The Balaban J connectivity index is 1.84. The van der Waals surface area contributed by atoms with E-state index in [1.54, 1.807) is 42.5 Å². The lowest BCUT2D eigenvalue weighted by Crippen LogP contribution is -2.54. The Kier molecular flexibility index (Phi) is 13.0. The number of carbonyl (C=O) groups excluding carboxylic acids is 2. The van der Waals surface area contributed by atoms with Gasteiger partial charge in [0.05, 0.1) is 22.2 Å². The van der Waals surface area contributed by atoms with Crippen molar-refractivity contribution in [3.05, 3.63) is 122 Å². The molecule has 0 heterocycles. The lowest BCUT2D eigenvalue weighted by atomic mass is 10.0. The SMILES string of the molecule is CC[C@H](C)NC(=O)[C@H](Cc1ccccc1)N(Cc1ccc(Cl)cc1Cl)C(=O)CN(c1ccc(C)cc1)S(=O)(=O)c1ccc(OC)c(Br)c1. The third-order valence-corrected chi connectivity index (χ3v) is 10.9. The summed E-state index contributed by atoms with van der Waals surface area (Å²) in [6, 6.07) is 24.3. The first-order valence-electron chi connectivity index (χ1n) is 15.3. The highest BCUT2D eigenvalue weighted by Crippen LogP contribution is 2.32. The summed E-state index contributed by atoms with van der Waals surface area (Å²) in [4.78, 5) is 30.0. The Labute approximate surface area is 301 Å². The van der Waals surface area contributed by atoms with Crippen LogP contribution in [0, 0.1) is 6.92 Å². The number of anilines is 1. The standard InChI is InChI=1S/C36H38BrCl2N3O5S/c1-5-25(3)40-36(44)33(19-26-9-7-6-8-10-26)41(22-27-13-14-28(38)20-32(27)39)35(43)23-42(29-15-11-24(2)12-16-29)48(45,46)30-17-18-34(47-4)31(37)21-30/h6-18,20-21,25,33H,5,19,22-23H2,1-4H3,(H,40,44)/t25-,33-/m0/s1. The first kappa shape index (κ1) is 37.3. The molecule has 4 aromatic rings. The fourth-order valence-electron chi connectivity index (χ4n) is 5.00. The van der Waals surface area contributed by atoms with Crippen LogP contribution in [-0.2, 0) is 32.6 Å². The van der Waals surface area contributed by atoms with E-state index in [1.807, 2.05) is 51.1 Å². The molecule has 0 aliphatic carbocycles. The molecule has 0 unspecified atom stereocenters. The summed E-state index contributed by atoms with van der Waals surface area (Å²) in [5.74, 6) is -0.512.